The van der Waals surface area contributed by atoms with E-state index in [4.69, 9.17) is 9.15 Å². The zero-order valence-corrected chi connectivity index (χ0v) is 19.8. The van der Waals surface area contributed by atoms with Gasteiger partial charge in [0.2, 0.25) is 5.89 Å². The molecule has 8 heteroatoms. The zero-order valence-electron chi connectivity index (χ0n) is 19.0. The topological polar surface area (TPSA) is 83.0 Å². The van der Waals surface area contributed by atoms with Crippen molar-refractivity contribution in [1.82, 2.24) is 19.7 Å². The Balaban J connectivity index is 1.28. The fourth-order valence-corrected chi connectivity index (χ4v) is 4.28. The monoisotopic (exact) mass is 482 g/mol. The molecule has 0 bridgehead atoms. The first-order chi connectivity index (χ1) is 17.2. The average Bonchev–Trinajstić information content (AvgIpc) is 3.51. The minimum atomic E-state index is -0.373. The number of hydrogen-bond donors (Lipinski definition) is 0. The van der Waals surface area contributed by atoms with Crippen molar-refractivity contribution in [2.75, 3.05) is 5.75 Å². The van der Waals surface area contributed by atoms with Gasteiger partial charge in [-0.15, -0.1) is 10.2 Å². The van der Waals surface area contributed by atoms with Crippen LogP contribution in [0.1, 0.15) is 11.5 Å². The van der Waals surface area contributed by atoms with E-state index in [1.165, 1.54) is 11.8 Å². The van der Waals surface area contributed by atoms with Crippen molar-refractivity contribution >= 4 is 17.7 Å². The van der Waals surface area contributed by atoms with Crippen molar-refractivity contribution in [3.63, 3.8) is 0 Å². The van der Waals surface area contributed by atoms with Gasteiger partial charge in [0.05, 0.1) is 5.75 Å². The summed E-state index contributed by atoms with van der Waals surface area (Å²) in [5.74, 6) is 1.55. The highest BCUT2D eigenvalue weighted by molar-refractivity contribution is 7.99. The van der Waals surface area contributed by atoms with Gasteiger partial charge in [-0.25, -0.2) is 4.98 Å². The van der Waals surface area contributed by atoms with Gasteiger partial charge in [-0.1, -0.05) is 78.5 Å². The van der Waals surface area contributed by atoms with Gasteiger partial charge in [-0.2, -0.15) is 0 Å². The molecule has 0 fully saturated rings. The predicted molar refractivity (Wildman–Crippen MR) is 134 cm³/mol. The van der Waals surface area contributed by atoms with Crippen LogP contribution in [-0.4, -0.2) is 31.5 Å². The molecule has 0 amide bonds. The SMILES string of the molecule is Cc1oc(-c2ccccc2)nc1COC(=O)CSc1nnc(-c2ccccc2)n1-c1ccccc1. The van der Waals surface area contributed by atoms with Gasteiger partial charge in [0, 0.05) is 16.8 Å². The zero-order chi connectivity index (χ0) is 24.0. The molecule has 35 heavy (non-hydrogen) atoms. The molecule has 0 aliphatic heterocycles. The lowest BCUT2D eigenvalue weighted by Gasteiger charge is -2.10. The lowest BCUT2D eigenvalue weighted by Crippen LogP contribution is -2.09. The summed E-state index contributed by atoms with van der Waals surface area (Å²) in [5, 5.41) is 9.35. The van der Waals surface area contributed by atoms with Gasteiger partial charge < -0.3 is 9.15 Å². The Hall–Kier alpha value is -4.17. The second kappa shape index (κ2) is 10.4. The van der Waals surface area contributed by atoms with Gasteiger partial charge in [-0.3, -0.25) is 9.36 Å². The maximum atomic E-state index is 12.5. The number of hydrogen-bond acceptors (Lipinski definition) is 7. The molecule has 0 aliphatic rings. The third-order valence-electron chi connectivity index (χ3n) is 5.28. The first-order valence-electron chi connectivity index (χ1n) is 11.1. The van der Waals surface area contributed by atoms with Gasteiger partial charge in [0.15, 0.2) is 11.0 Å². The number of esters is 1. The highest BCUT2D eigenvalue weighted by Gasteiger charge is 2.18. The van der Waals surface area contributed by atoms with Crippen molar-refractivity contribution < 1.29 is 13.9 Å². The van der Waals surface area contributed by atoms with Crippen LogP contribution in [0.2, 0.25) is 0 Å². The molecule has 2 heterocycles. The van der Waals surface area contributed by atoms with Gasteiger partial charge in [-0.05, 0) is 31.2 Å². The molecule has 0 unspecified atom stereocenters. The highest BCUT2D eigenvalue weighted by Crippen LogP contribution is 2.28. The number of aryl methyl sites for hydroxylation is 1. The molecule has 3 aromatic carbocycles. The predicted octanol–water partition coefficient (Wildman–Crippen LogP) is 5.73. The number of thioether (sulfide) groups is 1. The number of aromatic nitrogens is 4. The lowest BCUT2D eigenvalue weighted by atomic mass is 10.2. The number of nitrogens with zero attached hydrogens (tertiary/aromatic N) is 4. The van der Waals surface area contributed by atoms with E-state index in [0.717, 1.165) is 16.8 Å². The third-order valence-corrected chi connectivity index (χ3v) is 6.18. The molecule has 0 aliphatic carbocycles. The van der Waals surface area contributed by atoms with Gasteiger partial charge in [0.1, 0.15) is 18.1 Å². The first-order valence-corrected chi connectivity index (χ1v) is 12.0. The number of benzene rings is 3. The van der Waals surface area contributed by atoms with Crippen molar-refractivity contribution in [3.8, 4) is 28.5 Å². The second-order valence-corrected chi connectivity index (χ2v) is 8.62. The first kappa shape index (κ1) is 22.6. The smallest absolute Gasteiger partial charge is 0.316 e. The van der Waals surface area contributed by atoms with Crippen molar-refractivity contribution in [2.45, 2.75) is 18.7 Å². The summed E-state index contributed by atoms with van der Waals surface area (Å²) in [4.78, 5) is 17.0. The maximum absolute atomic E-state index is 12.5. The molecule has 0 spiro atoms. The fourth-order valence-electron chi connectivity index (χ4n) is 3.53. The number of ether oxygens (including phenoxy) is 1. The van der Waals surface area contributed by atoms with E-state index >= 15 is 0 Å². The Morgan fingerprint density at radius 3 is 2.20 bits per heavy atom. The van der Waals surface area contributed by atoms with E-state index in [9.17, 15) is 4.79 Å². The van der Waals surface area contributed by atoms with Gasteiger partial charge in [0.25, 0.3) is 0 Å². The number of oxazole rings is 1. The Morgan fingerprint density at radius 1 is 0.886 bits per heavy atom. The lowest BCUT2D eigenvalue weighted by molar-refractivity contribution is -0.141. The fraction of sp³-hybridized carbons (Fsp3) is 0.111. The molecular weight excluding hydrogens is 460 g/mol. The van der Waals surface area contributed by atoms with Crippen LogP contribution in [0.5, 0.6) is 0 Å². The maximum Gasteiger partial charge on any atom is 0.316 e. The molecule has 0 N–H and O–H groups in total. The third kappa shape index (κ3) is 5.17. The molecule has 174 valence electrons. The second-order valence-electron chi connectivity index (χ2n) is 7.68. The van der Waals surface area contributed by atoms with Crippen LogP contribution in [0, 0.1) is 6.92 Å². The van der Waals surface area contributed by atoms with E-state index in [2.05, 4.69) is 15.2 Å². The summed E-state index contributed by atoms with van der Waals surface area (Å²) < 4.78 is 13.2. The Bertz CT molecular complexity index is 1420. The summed E-state index contributed by atoms with van der Waals surface area (Å²) in [5.41, 5.74) is 3.33. The van der Waals surface area contributed by atoms with Crippen molar-refractivity contribution in [1.29, 1.82) is 0 Å². The molecule has 0 radical (unpaired) electrons. The quantitative estimate of drug-likeness (QED) is 0.206. The Kier molecular flexibility index (Phi) is 6.72. The van der Waals surface area contributed by atoms with E-state index in [0.29, 0.717) is 28.3 Å². The van der Waals surface area contributed by atoms with Crippen LogP contribution >= 0.6 is 11.8 Å². The standard InChI is InChI=1S/C27H22N4O3S/c1-19-23(28-26(34-19)21-13-7-3-8-14-21)17-33-24(32)18-35-27-30-29-25(20-11-5-2-6-12-20)31(27)22-15-9-4-10-16-22/h2-16H,17-18H2,1H3. The van der Waals surface area contributed by atoms with E-state index in [1.807, 2.05) is 102 Å². The number of carbonyl (C=O) groups is 1. The van der Waals surface area contributed by atoms with E-state index in [1.54, 1.807) is 0 Å². The molecule has 5 aromatic rings. The number of para-hydroxylation sites is 1. The van der Waals surface area contributed by atoms with Crippen LogP contribution in [-0.2, 0) is 16.1 Å². The molecular formula is C27H22N4O3S. The summed E-state index contributed by atoms with van der Waals surface area (Å²) >= 11 is 1.28. The van der Waals surface area contributed by atoms with Crippen molar-refractivity contribution in [3.05, 3.63) is 102 Å². The normalized spacial score (nSPS) is 10.9. The average molecular weight is 483 g/mol. The van der Waals surface area contributed by atoms with Crippen LogP contribution < -0.4 is 0 Å². The largest absolute Gasteiger partial charge is 0.458 e. The Labute approximate surface area is 206 Å². The molecule has 0 saturated heterocycles. The summed E-state index contributed by atoms with van der Waals surface area (Å²) in [6, 6.07) is 29.3. The minimum Gasteiger partial charge on any atom is -0.458 e. The van der Waals surface area contributed by atoms with Crippen LogP contribution in [0.3, 0.4) is 0 Å². The molecule has 2 aromatic heterocycles. The molecule has 0 saturated carbocycles. The number of rotatable bonds is 8. The van der Waals surface area contributed by atoms with Crippen LogP contribution in [0.15, 0.2) is 101 Å². The highest BCUT2D eigenvalue weighted by atomic mass is 32.2. The molecule has 5 rings (SSSR count). The Morgan fingerprint density at radius 2 is 1.51 bits per heavy atom. The summed E-state index contributed by atoms with van der Waals surface area (Å²) in [6.45, 7) is 1.85. The van der Waals surface area contributed by atoms with Crippen molar-refractivity contribution in [2.24, 2.45) is 0 Å². The summed E-state index contributed by atoms with van der Waals surface area (Å²) in [7, 11) is 0. The van der Waals surface area contributed by atoms with Crippen LogP contribution in [0.25, 0.3) is 28.5 Å². The summed E-state index contributed by atoms with van der Waals surface area (Å²) in [6.07, 6.45) is 0. The molecule has 0 atom stereocenters. The van der Waals surface area contributed by atoms with E-state index in [-0.39, 0.29) is 18.3 Å². The number of carbonyl (C=O) groups excluding carboxylic acids is 1. The molecule has 7 nitrogen and oxygen atoms in total. The van der Waals surface area contributed by atoms with Gasteiger partial charge >= 0.3 is 5.97 Å². The minimum absolute atomic E-state index is 0.0439. The van der Waals surface area contributed by atoms with Crippen LogP contribution in [0.4, 0.5) is 0 Å². The van der Waals surface area contributed by atoms with E-state index < -0.39 is 0 Å².